The normalized spacial score (nSPS) is 22.1. The predicted molar refractivity (Wildman–Crippen MR) is 65.0 cm³/mol. The number of aryl methyl sites for hydroxylation is 1. The highest BCUT2D eigenvalue weighted by molar-refractivity contribution is 5.14. The van der Waals surface area contributed by atoms with E-state index in [0.717, 1.165) is 6.04 Å². The summed E-state index contributed by atoms with van der Waals surface area (Å²) in [5.74, 6) is 0. The molecule has 1 aliphatic heterocycles. The van der Waals surface area contributed by atoms with Crippen molar-refractivity contribution in [2.75, 3.05) is 13.6 Å². The number of nitrogens with zero attached hydrogens (tertiary/aromatic N) is 1. The molecule has 1 atom stereocenters. The molecule has 1 unspecified atom stereocenters. The Morgan fingerprint density at radius 1 is 1.27 bits per heavy atom. The second kappa shape index (κ2) is 5.32. The third-order valence-electron chi connectivity index (χ3n) is 3.52. The molecule has 1 heteroatoms. The predicted octanol–water partition coefficient (Wildman–Crippen LogP) is 3.10. The molecule has 0 radical (unpaired) electrons. The summed E-state index contributed by atoms with van der Waals surface area (Å²) in [6, 6.07) is 11.7. The van der Waals surface area contributed by atoms with Crippen LogP contribution in [0.25, 0.3) is 0 Å². The van der Waals surface area contributed by atoms with Crippen molar-refractivity contribution in [1.82, 2.24) is 4.90 Å². The molecule has 0 bridgehead atoms. The van der Waals surface area contributed by atoms with Crippen LogP contribution in [0.3, 0.4) is 0 Å². The molecule has 15 heavy (non-hydrogen) atoms. The summed E-state index contributed by atoms with van der Waals surface area (Å²) in [6.45, 7) is 1.30. The lowest BCUT2D eigenvalue weighted by atomic mass is 10.0. The van der Waals surface area contributed by atoms with Crippen LogP contribution in [0.1, 0.15) is 31.2 Å². The van der Waals surface area contributed by atoms with E-state index in [1.165, 1.54) is 44.2 Å². The van der Waals surface area contributed by atoms with Crippen molar-refractivity contribution in [2.24, 2.45) is 0 Å². The summed E-state index contributed by atoms with van der Waals surface area (Å²) in [5.41, 5.74) is 1.48. The molecule has 1 aromatic carbocycles. The number of rotatable bonds is 4. The maximum absolute atomic E-state index is 2.52. The van der Waals surface area contributed by atoms with Crippen molar-refractivity contribution in [3.63, 3.8) is 0 Å². The SMILES string of the molecule is CN1CCCC1CCCc1ccccc1. The minimum Gasteiger partial charge on any atom is -0.303 e. The van der Waals surface area contributed by atoms with Gasteiger partial charge in [0.05, 0.1) is 0 Å². The molecule has 1 aromatic rings. The largest absolute Gasteiger partial charge is 0.303 e. The average molecular weight is 203 g/mol. The second-order valence-electron chi connectivity index (χ2n) is 4.65. The highest BCUT2D eigenvalue weighted by Gasteiger charge is 2.19. The third kappa shape index (κ3) is 3.07. The Morgan fingerprint density at radius 2 is 2.07 bits per heavy atom. The van der Waals surface area contributed by atoms with Crippen LogP contribution < -0.4 is 0 Å². The fourth-order valence-corrected chi connectivity index (χ4v) is 2.53. The molecule has 0 saturated carbocycles. The first-order valence-electron chi connectivity index (χ1n) is 6.10. The summed E-state index contributed by atoms with van der Waals surface area (Å²) in [5, 5.41) is 0. The molecule has 0 aromatic heterocycles. The van der Waals surface area contributed by atoms with E-state index in [4.69, 9.17) is 0 Å². The lowest BCUT2D eigenvalue weighted by Crippen LogP contribution is -2.24. The van der Waals surface area contributed by atoms with Gasteiger partial charge in [-0.3, -0.25) is 0 Å². The molecule has 1 heterocycles. The molecule has 0 N–H and O–H groups in total. The van der Waals surface area contributed by atoms with E-state index in [-0.39, 0.29) is 0 Å². The van der Waals surface area contributed by atoms with Gasteiger partial charge in [0.2, 0.25) is 0 Å². The quantitative estimate of drug-likeness (QED) is 0.727. The molecule has 1 fully saturated rings. The van der Waals surface area contributed by atoms with E-state index in [0.29, 0.717) is 0 Å². The Bertz CT molecular complexity index is 281. The maximum atomic E-state index is 2.52. The van der Waals surface area contributed by atoms with E-state index in [2.05, 4.69) is 42.3 Å². The number of hydrogen-bond donors (Lipinski definition) is 0. The molecule has 82 valence electrons. The summed E-state index contributed by atoms with van der Waals surface area (Å²) >= 11 is 0. The molecular formula is C14H21N. The average Bonchev–Trinajstić information content (AvgIpc) is 2.66. The lowest BCUT2D eigenvalue weighted by Gasteiger charge is -2.18. The van der Waals surface area contributed by atoms with Crippen LogP contribution >= 0.6 is 0 Å². The number of benzene rings is 1. The second-order valence-corrected chi connectivity index (χ2v) is 4.65. The van der Waals surface area contributed by atoms with Gasteiger partial charge in [-0.05, 0) is 51.3 Å². The van der Waals surface area contributed by atoms with Gasteiger partial charge in [-0.25, -0.2) is 0 Å². The van der Waals surface area contributed by atoms with E-state index in [9.17, 15) is 0 Å². The van der Waals surface area contributed by atoms with Crippen LogP contribution in [0.2, 0.25) is 0 Å². The van der Waals surface area contributed by atoms with Crippen LogP contribution in [0, 0.1) is 0 Å². The first-order chi connectivity index (χ1) is 7.36. The highest BCUT2D eigenvalue weighted by atomic mass is 15.1. The third-order valence-corrected chi connectivity index (χ3v) is 3.52. The Labute approximate surface area is 93.1 Å². The zero-order valence-corrected chi connectivity index (χ0v) is 9.65. The van der Waals surface area contributed by atoms with E-state index >= 15 is 0 Å². The van der Waals surface area contributed by atoms with Gasteiger partial charge in [0.25, 0.3) is 0 Å². The van der Waals surface area contributed by atoms with Gasteiger partial charge in [-0.15, -0.1) is 0 Å². The lowest BCUT2D eigenvalue weighted by molar-refractivity contribution is 0.292. The van der Waals surface area contributed by atoms with Crippen LogP contribution in [0.4, 0.5) is 0 Å². The van der Waals surface area contributed by atoms with Gasteiger partial charge in [0.1, 0.15) is 0 Å². The van der Waals surface area contributed by atoms with E-state index < -0.39 is 0 Å². The molecule has 2 rings (SSSR count). The molecule has 0 spiro atoms. The van der Waals surface area contributed by atoms with Crippen LogP contribution in [0.15, 0.2) is 30.3 Å². The molecule has 1 aliphatic rings. The molecule has 1 saturated heterocycles. The summed E-state index contributed by atoms with van der Waals surface area (Å²) < 4.78 is 0. The Kier molecular flexibility index (Phi) is 3.79. The van der Waals surface area contributed by atoms with Gasteiger partial charge in [0, 0.05) is 6.04 Å². The van der Waals surface area contributed by atoms with Crippen molar-refractivity contribution < 1.29 is 0 Å². The van der Waals surface area contributed by atoms with Crippen molar-refractivity contribution in [3.8, 4) is 0 Å². The fourth-order valence-electron chi connectivity index (χ4n) is 2.53. The van der Waals surface area contributed by atoms with Gasteiger partial charge in [-0.2, -0.15) is 0 Å². The Hall–Kier alpha value is -0.820. The van der Waals surface area contributed by atoms with Crippen LogP contribution in [-0.4, -0.2) is 24.5 Å². The first-order valence-corrected chi connectivity index (χ1v) is 6.10. The molecular weight excluding hydrogens is 182 g/mol. The molecule has 1 nitrogen and oxygen atoms in total. The number of hydrogen-bond acceptors (Lipinski definition) is 1. The van der Waals surface area contributed by atoms with Crippen LogP contribution in [-0.2, 0) is 6.42 Å². The van der Waals surface area contributed by atoms with Crippen molar-refractivity contribution >= 4 is 0 Å². The zero-order valence-electron chi connectivity index (χ0n) is 9.65. The Morgan fingerprint density at radius 3 is 2.73 bits per heavy atom. The monoisotopic (exact) mass is 203 g/mol. The smallest absolute Gasteiger partial charge is 0.00927 e. The standard InChI is InChI=1S/C14H21N/c1-15-12-6-11-14(15)10-5-9-13-7-3-2-4-8-13/h2-4,7-8,14H,5-6,9-12H2,1H3. The van der Waals surface area contributed by atoms with E-state index in [1.54, 1.807) is 0 Å². The fraction of sp³-hybridized carbons (Fsp3) is 0.571. The Balaban J connectivity index is 1.71. The highest BCUT2D eigenvalue weighted by Crippen LogP contribution is 2.20. The summed E-state index contributed by atoms with van der Waals surface area (Å²) in [7, 11) is 2.26. The minimum absolute atomic E-state index is 0.855. The van der Waals surface area contributed by atoms with Gasteiger partial charge in [0.15, 0.2) is 0 Å². The number of likely N-dealkylation sites (tertiary alicyclic amines) is 1. The van der Waals surface area contributed by atoms with Gasteiger partial charge < -0.3 is 4.90 Å². The molecule has 0 aliphatic carbocycles. The summed E-state index contributed by atoms with van der Waals surface area (Å²) in [4.78, 5) is 2.52. The minimum atomic E-state index is 0.855. The summed E-state index contributed by atoms with van der Waals surface area (Å²) in [6.07, 6.45) is 6.74. The van der Waals surface area contributed by atoms with Gasteiger partial charge >= 0.3 is 0 Å². The van der Waals surface area contributed by atoms with Crippen LogP contribution in [0.5, 0.6) is 0 Å². The maximum Gasteiger partial charge on any atom is 0.00927 e. The van der Waals surface area contributed by atoms with Crippen molar-refractivity contribution in [3.05, 3.63) is 35.9 Å². The van der Waals surface area contributed by atoms with E-state index in [1.807, 2.05) is 0 Å². The molecule has 0 amide bonds. The van der Waals surface area contributed by atoms with Gasteiger partial charge in [-0.1, -0.05) is 30.3 Å². The first kappa shape index (κ1) is 10.7. The van der Waals surface area contributed by atoms with Crippen molar-refractivity contribution in [2.45, 2.75) is 38.1 Å². The zero-order chi connectivity index (χ0) is 10.5. The topological polar surface area (TPSA) is 3.24 Å². The van der Waals surface area contributed by atoms with Crippen molar-refractivity contribution in [1.29, 1.82) is 0 Å².